The van der Waals surface area contributed by atoms with Gasteiger partial charge in [-0.3, -0.25) is 0 Å². The van der Waals surface area contributed by atoms with Crippen LogP contribution in [0.4, 0.5) is 11.4 Å². The van der Waals surface area contributed by atoms with Gasteiger partial charge in [-0.15, -0.1) is 11.3 Å². The number of carbonyl (C=O) groups is 1. The number of benzene rings is 1. The summed E-state index contributed by atoms with van der Waals surface area (Å²) in [7, 11) is 0. The summed E-state index contributed by atoms with van der Waals surface area (Å²) in [5.41, 5.74) is 0.995. The van der Waals surface area contributed by atoms with Crippen LogP contribution in [0.5, 0.6) is 0 Å². The fourth-order valence-electron chi connectivity index (χ4n) is 1.33. The highest BCUT2D eigenvalue weighted by molar-refractivity contribution is 7.12. The van der Waals surface area contributed by atoms with Gasteiger partial charge in [-0.1, -0.05) is 29.3 Å². The Morgan fingerprint density at radius 1 is 1.24 bits per heavy atom. The van der Waals surface area contributed by atoms with Crippen LogP contribution >= 0.6 is 34.5 Å². The van der Waals surface area contributed by atoms with Gasteiger partial charge in [0.2, 0.25) is 0 Å². The second-order valence-electron chi connectivity index (χ2n) is 3.19. The number of nitrogens with one attached hydrogen (secondary N) is 1. The van der Waals surface area contributed by atoms with E-state index in [1.807, 2.05) is 0 Å². The average molecular weight is 288 g/mol. The highest BCUT2D eigenvalue weighted by Crippen LogP contribution is 2.34. The number of halogens is 2. The first-order chi connectivity index (χ1) is 8.09. The maximum atomic E-state index is 10.9. The van der Waals surface area contributed by atoms with Crippen LogP contribution in [0.25, 0.3) is 0 Å². The molecule has 0 aliphatic carbocycles. The number of aromatic carboxylic acids is 1. The number of para-hydroxylation sites is 1. The van der Waals surface area contributed by atoms with Crippen LogP contribution in [0, 0.1) is 0 Å². The molecule has 0 atom stereocenters. The predicted octanol–water partition coefficient (Wildman–Crippen LogP) is 4.50. The van der Waals surface area contributed by atoms with Crippen LogP contribution in [0.15, 0.2) is 29.6 Å². The number of hydrogen-bond donors (Lipinski definition) is 2. The molecule has 0 unspecified atom stereocenters. The Morgan fingerprint density at radius 3 is 2.47 bits per heavy atom. The van der Waals surface area contributed by atoms with Crippen LogP contribution in [0.2, 0.25) is 10.0 Å². The van der Waals surface area contributed by atoms with E-state index in [1.54, 1.807) is 29.6 Å². The minimum Gasteiger partial charge on any atom is -0.477 e. The molecule has 0 saturated carbocycles. The highest BCUT2D eigenvalue weighted by atomic mass is 35.5. The third-order valence-corrected chi connectivity index (χ3v) is 3.61. The van der Waals surface area contributed by atoms with E-state index in [2.05, 4.69) is 5.32 Å². The molecule has 1 aromatic carbocycles. The van der Waals surface area contributed by atoms with E-state index < -0.39 is 5.97 Å². The summed E-state index contributed by atoms with van der Waals surface area (Å²) in [6.45, 7) is 0. The first-order valence-electron chi connectivity index (χ1n) is 4.61. The van der Waals surface area contributed by atoms with Crippen molar-refractivity contribution in [3.63, 3.8) is 0 Å². The second-order valence-corrected chi connectivity index (χ2v) is 4.92. The van der Waals surface area contributed by atoms with Crippen molar-refractivity contribution in [2.45, 2.75) is 0 Å². The van der Waals surface area contributed by atoms with Gasteiger partial charge in [-0.05, 0) is 23.6 Å². The van der Waals surface area contributed by atoms with Crippen molar-refractivity contribution in [3.8, 4) is 0 Å². The lowest BCUT2D eigenvalue weighted by molar-refractivity contribution is 0.0703. The summed E-state index contributed by atoms with van der Waals surface area (Å²) in [5, 5.41) is 14.5. The molecule has 0 fully saturated rings. The number of thiophene rings is 1. The first-order valence-corrected chi connectivity index (χ1v) is 6.25. The van der Waals surface area contributed by atoms with E-state index in [-0.39, 0.29) is 4.88 Å². The second kappa shape index (κ2) is 4.96. The number of rotatable bonds is 3. The average Bonchev–Trinajstić information content (AvgIpc) is 2.72. The van der Waals surface area contributed by atoms with E-state index in [0.29, 0.717) is 21.4 Å². The van der Waals surface area contributed by atoms with Crippen molar-refractivity contribution in [2.75, 3.05) is 5.32 Å². The molecular weight excluding hydrogens is 281 g/mol. The van der Waals surface area contributed by atoms with E-state index in [4.69, 9.17) is 28.3 Å². The third-order valence-electron chi connectivity index (χ3n) is 2.08. The maximum Gasteiger partial charge on any atom is 0.348 e. The molecule has 0 saturated heterocycles. The number of carboxylic acid groups (broad SMARTS) is 1. The summed E-state index contributed by atoms with van der Waals surface area (Å²) >= 11 is 13.1. The third kappa shape index (κ3) is 2.54. The van der Waals surface area contributed by atoms with Gasteiger partial charge < -0.3 is 10.4 Å². The highest BCUT2D eigenvalue weighted by Gasteiger charge is 2.14. The minimum atomic E-state index is -0.981. The summed E-state index contributed by atoms with van der Waals surface area (Å²) in [4.78, 5) is 11.2. The molecule has 1 heterocycles. The van der Waals surface area contributed by atoms with Crippen LogP contribution in [-0.4, -0.2) is 11.1 Å². The lowest BCUT2D eigenvalue weighted by atomic mass is 10.3. The van der Waals surface area contributed by atoms with Crippen molar-refractivity contribution in [1.29, 1.82) is 0 Å². The molecule has 0 amide bonds. The smallest absolute Gasteiger partial charge is 0.348 e. The summed E-state index contributed by atoms with van der Waals surface area (Å²) < 4.78 is 0. The molecule has 2 rings (SSSR count). The Labute approximate surface area is 112 Å². The van der Waals surface area contributed by atoms with Gasteiger partial charge >= 0.3 is 5.97 Å². The molecule has 17 heavy (non-hydrogen) atoms. The molecule has 0 radical (unpaired) electrons. The summed E-state index contributed by atoms with van der Waals surface area (Å²) in [6, 6.07) is 6.76. The summed E-state index contributed by atoms with van der Waals surface area (Å²) in [5.74, 6) is -0.981. The van der Waals surface area contributed by atoms with Crippen molar-refractivity contribution in [2.24, 2.45) is 0 Å². The van der Waals surface area contributed by atoms with Crippen molar-refractivity contribution < 1.29 is 9.90 Å². The van der Waals surface area contributed by atoms with E-state index >= 15 is 0 Å². The van der Waals surface area contributed by atoms with E-state index in [1.165, 1.54) is 0 Å². The first kappa shape index (κ1) is 12.2. The molecule has 2 N–H and O–H groups in total. The quantitative estimate of drug-likeness (QED) is 0.874. The standard InChI is InChI=1S/C11H7Cl2NO2S/c12-6-2-1-3-7(13)9(6)14-8-4-5-17-10(8)11(15)16/h1-5,14H,(H,15,16). The molecule has 6 heteroatoms. The zero-order valence-electron chi connectivity index (χ0n) is 8.41. The SMILES string of the molecule is O=C(O)c1sccc1Nc1c(Cl)cccc1Cl. The molecule has 0 aliphatic rings. The fourth-order valence-corrected chi connectivity index (χ4v) is 2.50. The normalized spacial score (nSPS) is 10.2. The molecular formula is C11H7Cl2NO2S. The Morgan fingerprint density at radius 2 is 1.88 bits per heavy atom. The monoisotopic (exact) mass is 287 g/mol. The zero-order valence-corrected chi connectivity index (χ0v) is 10.7. The Balaban J connectivity index is 2.38. The predicted molar refractivity (Wildman–Crippen MR) is 71.0 cm³/mol. The topological polar surface area (TPSA) is 49.3 Å². The molecule has 0 bridgehead atoms. The molecule has 2 aromatic rings. The van der Waals surface area contributed by atoms with Crippen LogP contribution < -0.4 is 5.32 Å². The largest absolute Gasteiger partial charge is 0.477 e. The fraction of sp³-hybridized carbons (Fsp3) is 0. The molecule has 0 aliphatic heterocycles. The summed E-state index contributed by atoms with van der Waals surface area (Å²) in [6.07, 6.45) is 0. The molecule has 0 spiro atoms. The number of hydrogen-bond acceptors (Lipinski definition) is 3. The van der Waals surface area contributed by atoms with Crippen LogP contribution in [-0.2, 0) is 0 Å². The molecule has 1 aromatic heterocycles. The van der Waals surface area contributed by atoms with Gasteiger partial charge in [0.05, 0.1) is 21.4 Å². The Bertz CT molecular complexity index is 548. The lowest BCUT2D eigenvalue weighted by Gasteiger charge is -2.09. The van der Waals surface area contributed by atoms with Crippen LogP contribution in [0.3, 0.4) is 0 Å². The van der Waals surface area contributed by atoms with Gasteiger partial charge in [0.15, 0.2) is 0 Å². The van der Waals surface area contributed by atoms with Crippen molar-refractivity contribution in [1.82, 2.24) is 0 Å². The van der Waals surface area contributed by atoms with Crippen LogP contribution in [0.1, 0.15) is 9.67 Å². The molecule has 3 nitrogen and oxygen atoms in total. The van der Waals surface area contributed by atoms with Crippen molar-refractivity contribution >= 4 is 51.9 Å². The zero-order chi connectivity index (χ0) is 12.4. The lowest BCUT2D eigenvalue weighted by Crippen LogP contribution is -1.99. The van der Waals surface area contributed by atoms with Gasteiger partial charge in [0, 0.05) is 0 Å². The van der Waals surface area contributed by atoms with Crippen molar-refractivity contribution in [3.05, 3.63) is 44.6 Å². The van der Waals surface area contributed by atoms with Gasteiger partial charge in [-0.2, -0.15) is 0 Å². The number of anilines is 2. The van der Waals surface area contributed by atoms with Gasteiger partial charge in [-0.25, -0.2) is 4.79 Å². The van der Waals surface area contributed by atoms with E-state index in [9.17, 15) is 4.79 Å². The number of carboxylic acids is 1. The van der Waals surface area contributed by atoms with E-state index in [0.717, 1.165) is 11.3 Å². The van der Waals surface area contributed by atoms with Gasteiger partial charge in [0.25, 0.3) is 0 Å². The Hall–Kier alpha value is -1.23. The Kier molecular flexibility index (Phi) is 3.57. The minimum absolute atomic E-state index is 0.223. The molecule has 88 valence electrons. The maximum absolute atomic E-state index is 10.9. The van der Waals surface area contributed by atoms with Gasteiger partial charge in [0.1, 0.15) is 4.88 Å².